The number of hydrogen-bond donors (Lipinski definition) is 0. The number of carbonyl (C=O) groups excluding carboxylic acids is 4. The summed E-state index contributed by atoms with van der Waals surface area (Å²) >= 11 is 3.23. The second-order valence-electron chi connectivity index (χ2n) is 6.67. The number of hydrogen-bond acceptors (Lipinski definition) is 9. The first-order chi connectivity index (χ1) is 14.6. The fraction of sp³-hybridized carbons (Fsp3) is 0.429. The molecular weight excluding hydrogens is 476 g/mol. The van der Waals surface area contributed by atoms with E-state index in [1.165, 1.54) is 6.92 Å². The van der Waals surface area contributed by atoms with Gasteiger partial charge in [-0.2, -0.15) is 0 Å². The van der Waals surface area contributed by atoms with E-state index in [1.807, 2.05) is 0 Å². The van der Waals surface area contributed by atoms with E-state index in [0.29, 0.717) is 5.56 Å². The molecule has 0 spiro atoms. The first-order valence-electron chi connectivity index (χ1n) is 9.33. The number of ether oxygens (including phenoxy) is 5. The lowest BCUT2D eigenvalue weighted by atomic mass is 9.99. The molecular formula is C21H23BrO9. The van der Waals surface area contributed by atoms with Crippen LogP contribution in [0.15, 0.2) is 30.8 Å². The van der Waals surface area contributed by atoms with Crippen molar-refractivity contribution in [1.82, 2.24) is 0 Å². The molecule has 0 aromatic heterocycles. The van der Waals surface area contributed by atoms with Crippen LogP contribution in [0.25, 0.3) is 6.08 Å². The topological polar surface area (TPSA) is 114 Å². The Balaban J connectivity index is 2.21. The zero-order valence-corrected chi connectivity index (χ0v) is 18.8. The number of alkyl halides is 1. The van der Waals surface area contributed by atoms with Gasteiger partial charge in [0, 0.05) is 20.8 Å². The van der Waals surface area contributed by atoms with Crippen molar-refractivity contribution in [2.24, 2.45) is 0 Å². The van der Waals surface area contributed by atoms with Crippen molar-refractivity contribution < 1.29 is 42.9 Å². The summed E-state index contributed by atoms with van der Waals surface area (Å²) in [6.45, 7) is 6.84. The second kappa shape index (κ2) is 11.1. The third kappa shape index (κ3) is 6.90. The zero-order chi connectivity index (χ0) is 23.1. The van der Waals surface area contributed by atoms with Gasteiger partial charge in [-0.3, -0.25) is 14.4 Å². The summed E-state index contributed by atoms with van der Waals surface area (Å²) < 4.78 is 26.8. The molecule has 0 amide bonds. The smallest absolute Gasteiger partial charge is 0.338 e. The minimum absolute atomic E-state index is 0.301. The Hall–Kier alpha value is -2.72. The predicted molar refractivity (Wildman–Crippen MR) is 111 cm³/mol. The second-order valence-corrected chi connectivity index (χ2v) is 7.57. The van der Waals surface area contributed by atoms with Gasteiger partial charge in [-0.25, -0.2) is 4.79 Å². The molecule has 1 aliphatic heterocycles. The maximum atomic E-state index is 12.4. The third-order valence-electron chi connectivity index (χ3n) is 4.24. The minimum Gasteiger partial charge on any atom is -0.459 e. The summed E-state index contributed by atoms with van der Waals surface area (Å²) in [5.74, 6) is -2.64. The van der Waals surface area contributed by atoms with Crippen LogP contribution in [0, 0.1) is 0 Å². The molecule has 0 bridgehead atoms. The summed E-state index contributed by atoms with van der Waals surface area (Å²) in [6, 6.07) is 6.57. The van der Waals surface area contributed by atoms with Crippen LogP contribution in [0.2, 0.25) is 0 Å². The minimum atomic E-state index is -1.18. The summed E-state index contributed by atoms with van der Waals surface area (Å²) in [4.78, 5) is 47.2. The summed E-state index contributed by atoms with van der Waals surface area (Å²) in [5.41, 5.74) is 1.14. The number of esters is 4. The molecule has 1 heterocycles. The fourth-order valence-corrected chi connectivity index (χ4v) is 3.66. The molecule has 9 nitrogen and oxygen atoms in total. The van der Waals surface area contributed by atoms with Gasteiger partial charge in [-0.05, 0) is 17.7 Å². The van der Waals surface area contributed by atoms with Crippen LogP contribution in [0.4, 0.5) is 0 Å². The molecule has 0 aliphatic carbocycles. The van der Waals surface area contributed by atoms with Crippen LogP contribution < -0.4 is 0 Å². The van der Waals surface area contributed by atoms with Crippen molar-refractivity contribution in [3.8, 4) is 0 Å². The van der Waals surface area contributed by atoms with Gasteiger partial charge in [0.15, 0.2) is 23.3 Å². The highest BCUT2D eigenvalue weighted by Gasteiger charge is 2.51. The van der Waals surface area contributed by atoms with Crippen LogP contribution >= 0.6 is 15.9 Å². The summed E-state index contributed by atoms with van der Waals surface area (Å²) in [5, 5.41) is -0.914. The fourth-order valence-electron chi connectivity index (χ4n) is 2.97. The standard InChI is InChI=1S/C21H23BrO9/c1-5-14-6-8-15(9-7-14)21(26)27-10-16-17(28-11(2)23)18(29-12(3)24)19(20(22)31-16)30-13(4)25/h5-9,16-20H,1,10H2,2-4H3/t16-,17-,18+,19-,20+/m1/s1. The molecule has 0 N–H and O–H groups in total. The summed E-state index contributed by atoms with van der Waals surface area (Å²) in [6.07, 6.45) is -2.82. The average Bonchev–Trinajstić information content (AvgIpc) is 2.70. The number of rotatable bonds is 7. The van der Waals surface area contributed by atoms with Crippen molar-refractivity contribution in [2.45, 2.75) is 50.2 Å². The van der Waals surface area contributed by atoms with Crippen molar-refractivity contribution in [3.05, 3.63) is 42.0 Å². The normalized spacial score (nSPS) is 25.1. The van der Waals surface area contributed by atoms with Crippen LogP contribution in [-0.2, 0) is 38.1 Å². The van der Waals surface area contributed by atoms with E-state index >= 15 is 0 Å². The van der Waals surface area contributed by atoms with Crippen LogP contribution in [0.1, 0.15) is 36.7 Å². The van der Waals surface area contributed by atoms with Gasteiger partial charge >= 0.3 is 23.9 Å². The molecule has 0 radical (unpaired) electrons. The molecule has 10 heteroatoms. The predicted octanol–water partition coefficient (Wildman–Crippen LogP) is 2.40. The lowest BCUT2D eigenvalue weighted by Crippen LogP contribution is -2.60. The molecule has 2 rings (SSSR count). The van der Waals surface area contributed by atoms with Gasteiger partial charge in [-0.1, -0.05) is 40.7 Å². The van der Waals surface area contributed by atoms with E-state index in [2.05, 4.69) is 22.5 Å². The highest BCUT2D eigenvalue weighted by Crippen LogP contribution is 2.31. The molecule has 31 heavy (non-hydrogen) atoms. The van der Waals surface area contributed by atoms with Gasteiger partial charge in [-0.15, -0.1) is 0 Å². The largest absolute Gasteiger partial charge is 0.459 e. The van der Waals surface area contributed by atoms with Gasteiger partial charge in [0.2, 0.25) is 0 Å². The molecule has 1 aromatic carbocycles. The molecule has 1 fully saturated rings. The SMILES string of the molecule is C=Cc1ccc(C(=O)OC[C@H]2O[C@H](Br)[C@H](OC(C)=O)[C@@H](OC(C)=O)[C@@H]2OC(C)=O)cc1. The molecule has 0 saturated carbocycles. The van der Waals surface area contributed by atoms with E-state index in [4.69, 9.17) is 23.7 Å². The third-order valence-corrected chi connectivity index (χ3v) is 4.98. The molecule has 1 aromatic rings. The Morgan fingerprint density at radius 2 is 1.45 bits per heavy atom. The van der Waals surface area contributed by atoms with Crippen molar-refractivity contribution in [1.29, 1.82) is 0 Å². The van der Waals surface area contributed by atoms with E-state index in [0.717, 1.165) is 19.4 Å². The van der Waals surface area contributed by atoms with Crippen LogP contribution in [-0.4, -0.2) is 59.9 Å². The Morgan fingerprint density at radius 3 is 1.97 bits per heavy atom. The highest BCUT2D eigenvalue weighted by atomic mass is 79.9. The van der Waals surface area contributed by atoms with Gasteiger partial charge in [0.25, 0.3) is 0 Å². The summed E-state index contributed by atoms with van der Waals surface area (Å²) in [7, 11) is 0. The average molecular weight is 499 g/mol. The molecule has 0 unspecified atom stereocenters. The molecule has 1 saturated heterocycles. The number of benzene rings is 1. The van der Waals surface area contributed by atoms with Crippen molar-refractivity contribution in [3.63, 3.8) is 0 Å². The van der Waals surface area contributed by atoms with Crippen molar-refractivity contribution >= 4 is 45.9 Å². The quantitative estimate of drug-likeness (QED) is 0.317. The lowest BCUT2D eigenvalue weighted by Gasteiger charge is -2.42. The van der Waals surface area contributed by atoms with Gasteiger partial charge < -0.3 is 23.7 Å². The highest BCUT2D eigenvalue weighted by molar-refractivity contribution is 9.09. The molecule has 5 atom stereocenters. The van der Waals surface area contributed by atoms with E-state index < -0.39 is 53.3 Å². The monoisotopic (exact) mass is 498 g/mol. The molecule has 1 aliphatic rings. The Morgan fingerprint density at radius 1 is 0.935 bits per heavy atom. The Labute approximate surface area is 187 Å². The Bertz CT molecular complexity index is 836. The number of carbonyl (C=O) groups is 4. The maximum Gasteiger partial charge on any atom is 0.338 e. The van der Waals surface area contributed by atoms with E-state index in [1.54, 1.807) is 30.3 Å². The van der Waals surface area contributed by atoms with Crippen LogP contribution in [0.3, 0.4) is 0 Å². The zero-order valence-electron chi connectivity index (χ0n) is 17.2. The maximum absolute atomic E-state index is 12.4. The Kier molecular flexibility index (Phi) is 8.76. The molecule has 168 valence electrons. The van der Waals surface area contributed by atoms with E-state index in [9.17, 15) is 19.2 Å². The lowest BCUT2D eigenvalue weighted by molar-refractivity contribution is -0.234. The number of halogens is 1. The van der Waals surface area contributed by atoms with Gasteiger partial charge in [0.05, 0.1) is 5.56 Å². The van der Waals surface area contributed by atoms with Crippen molar-refractivity contribution in [2.75, 3.05) is 6.61 Å². The first-order valence-corrected chi connectivity index (χ1v) is 10.2. The van der Waals surface area contributed by atoms with Gasteiger partial charge in [0.1, 0.15) is 12.7 Å². The van der Waals surface area contributed by atoms with Crippen LogP contribution in [0.5, 0.6) is 0 Å². The van der Waals surface area contributed by atoms with E-state index in [-0.39, 0.29) is 6.61 Å². The first kappa shape index (κ1) is 24.5.